The van der Waals surface area contributed by atoms with Crippen molar-refractivity contribution < 1.29 is 4.79 Å². The largest absolute Gasteiger partial charge is 0.385 e. The van der Waals surface area contributed by atoms with Gasteiger partial charge in [-0.2, -0.15) is 5.26 Å². The Balaban J connectivity index is 5.09. The van der Waals surface area contributed by atoms with Gasteiger partial charge in [-0.1, -0.05) is 32.9 Å². The molecule has 0 aromatic carbocycles. The minimum absolute atomic E-state index is 0.0886. The second-order valence-corrected chi connectivity index (χ2v) is 7.22. The van der Waals surface area contributed by atoms with Gasteiger partial charge in [0.25, 0.3) is 5.91 Å². The van der Waals surface area contributed by atoms with Crippen molar-refractivity contribution in [3.63, 3.8) is 0 Å². The lowest BCUT2D eigenvalue weighted by Crippen LogP contribution is -2.40. The molecule has 0 heterocycles. The Bertz CT molecular complexity index is 466. The van der Waals surface area contributed by atoms with Crippen LogP contribution >= 0.6 is 0 Å². The highest BCUT2D eigenvalue weighted by Crippen LogP contribution is 2.26. The molecule has 0 aromatic heterocycles. The van der Waals surface area contributed by atoms with Crippen LogP contribution in [0.4, 0.5) is 0 Å². The van der Waals surface area contributed by atoms with E-state index >= 15 is 0 Å². The maximum absolute atomic E-state index is 12.4. The van der Waals surface area contributed by atoms with Crippen LogP contribution in [-0.4, -0.2) is 29.4 Å². The molecule has 0 aliphatic carbocycles. The Labute approximate surface area is 135 Å². The molecule has 0 fully saturated rings. The molecule has 0 bridgehead atoms. The minimum atomic E-state index is -0.318. The number of nitriles is 1. The number of nitrogens with zero attached hydrogens (tertiary/aromatic N) is 2. The van der Waals surface area contributed by atoms with E-state index in [4.69, 9.17) is 0 Å². The Morgan fingerprint density at radius 2 is 1.68 bits per heavy atom. The average molecular weight is 303 g/mol. The topological polar surface area (TPSA) is 56.1 Å². The Morgan fingerprint density at radius 1 is 1.18 bits per heavy atom. The molecule has 0 atom stereocenters. The van der Waals surface area contributed by atoms with Gasteiger partial charge in [-0.25, -0.2) is 0 Å². The Hall–Kier alpha value is -2.02. The number of rotatable bonds is 8. The van der Waals surface area contributed by atoms with Crippen molar-refractivity contribution in [2.75, 3.05) is 13.1 Å². The zero-order valence-corrected chi connectivity index (χ0v) is 14.6. The maximum atomic E-state index is 12.4. The van der Waals surface area contributed by atoms with Gasteiger partial charge in [-0.15, -0.1) is 13.2 Å². The third-order valence-corrected chi connectivity index (χ3v) is 2.92. The molecule has 0 saturated heterocycles. The monoisotopic (exact) mass is 303 g/mol. The van der Waals surface area contributed by atoms with Gasteiger partial charge >= 0.3 is 0 Å². The summed E-state index contributed by atoms with van der Waals surface area (Å²) >= 11 is 0. The molecule has 0 unspecified atom stereocenters. The summed E-state index contributed by atoms with van der Waals surface area (Å²) in [5.74, 6) is -0.318. The highest BCUT2D eigenvalue weighted by atomic mass is 16.2. The van der Waals surface area contributed by atoms with E-state index in [-0.39, 0.29) is 22.4 Å². The molecule has 0 radical (unpaired) electrons. The van der Waals surface area contributed by atoms with Gasteiger partial charge in [0.05, 0.1) is 0 Å². The molecular formula is C18H29N3O. The van der Waals surface area contributed by atoms with Gasteiger partial charge < -0.3 is 10.2 Å². The average Bonchev–Trinajstić information content (AvgIpc) is 2.36. The number of hydrogen-bond donors (Lipinski definition) is 1. The fourth-order valence-corrected chi connectivity index (χ4v) is 2.51. The van der Waals surface area contributed by atoms with E-state index in [1.54, 1.807) is 12.2 Å². The summed E-state index contributed by atoms with van der Waals surface area (Å²) in [5, 5.41) is 12.5. The van der Waals surface area contributed by atoms with Crippen molar-refractivity contribution in [3.8, 4) is 6.07 Å². The summed E-state index contributed by atoms with van der Waals surface area (Å²) in [4.78, 5) is 13.9. The summed E-state index contributed by atoms with van der Waals surface area (Å²) in [6.07, 6.45) is 5.69. The van der Waals surface area contributed by atoms with Gasteiger partial charge in [0.15, 0.2) is 0 Å². The highest BCUT2D eigenvalue weighted by Gasteiger charge is 2.25. The number of carbonyl (C=O) groups excluding carboxylic acids is 1. The van der Waals surface area contributed by atoms with E-state index in [0.717, 1.165) is 6.42 Å². The molecule has 0 rings (SSSR count). The fourth-order valence-electron chi connectivity index (χ4n) is 2.51. The number of hydrogen-bond acceptors (Lipinski definition) is 3. The first-order valence-corrected chi connectivity index (χ1v) is 7.45. The minimum Gasteiger partial charge on any atom is -0.385 e. The van der Waals surface area contributed by atoms with E-state index in [2.05, 4.69) is 53.1 Å². The van der Waals surface area contributed by atoms with Crippen LogP contribution < -0.4 is 5.32 Å². The van der Waals surface area contributed by atoms with Gasteiger partial charge in [-0.05, 0) is 25.7 Å². The number of amides is 1. The molecule has 122 valence electrons. The van der Waals surface area contributed by atoms with Crippen LogP contribution in [0.2, 0.25) is 0 Å². The van der Waals surface area contributed by atoms with Crippen LogP contribution in [0.3, 0.4) is 0 Å². The van der Waals surface area contributed by atoms with E-state index < -0.39 is 0 Å². The quantitative estimate of drug-likeness (QED) is 0.425. The molecule has 0 aromatic rings. The van der Waals surface area contributed by atoms with Gasteiger partial charge in [0.2, 0.25) is 0 Å². The zero-order valence-electron chi connectivity index (χ0n) is 14.6. The van der Waals surface area contributed by atoms with Crippen molar-refractivity contribution in [1.29, 1.82) is 5.26 Å². The SMILES string of the molecule is C=CCN(CC=C)C(=O)/C(C#N)=C\NC(C)(C)CC(C)(C)C. The van der Waals surface area contributed by atoms with Crippen LogP contribution in [0.5, 0.6) is 0 Å². The lowest BCUT2D eigenvalue weighted by molar-refractivity contribution is -0.125. The van der Waals surface area contributed by atoms with Crippen molar-refractivity contribution in [1.82, 2.24) is 10.2 Å². The fraction of sp³-hybridized carbons (Fsp3) is 0.556. The maximum Gasteiger partial charge on any atom is 0.266 e. The van der Waals surface area contributed by atoms with E-state index in [9.17, 15) is 10.1 Å². The molecule has 1 amide bonds. The summed E-state index contributed by atoms with van der Waals surface area (Å²) in [6, 6.07) is 1.97. The molecule has 4 heteroatoms. The first-order valence-electron chi connectivity index (χ1n) is 7.45. The number of nitrogens with one attached hydrogen (secondary N) is 1. The second-order valence-electron chi connectivity index (χ2n) is 7.22. The molecule has 0 saturated carbocycles. The first kappa shape index (κ1) is 20.0. The molecular weight excluding hydrogens is 274 g/mol. The molecule has 0 spiro atoms. The predicted octanol–water partition coefficient (Wildman–Crippen LogP) is 3.40. The van der Waals surface area contributed by atoms with Crippen LogP contribution in [0.25, 0.3) is 0 Å². The third kappa shape index (κ3) is 7.68. The van der Waals surface area contributed by atoms with E-state index in [1.165, 1.54) is 11.1 Å². The lowest BCUT2D eigenvalue weighted by atomic mass is 9.82. The Morgan fingerprint density at radius 3 is 2.05 bits per heavy atom. The Kier molecular flexibility index (Phi) is 7.66. The molecule has 0 aliphatic heterocycles. The summed E-state index contributed by atoms with van der Waals surface area (Å²) in [5.41, 5.74) is 0.0342. The highest BCUT2D eigenvalue weighted by molar-refractivity contribution is 5.97. The summed E-state index contributed by atoms with van der Waals surface area (Å²) in [6.45, 7) is 18.6. The smallest absolute Gasteiger partial charge is 0.266 e. The van der Waals surface area contributed by atoms with Gasteiger partial charge in [-0.3, -0.25) is 4.79 Å². The molecule has 4 nitrogen and oxygen atoms in total. The summed E-state index contributed by atoms with van der Waals surface area (Å²) in [7, 11) is 0. The van der Waals surface area contributed by atoms with E-state index in [1.807, 2.05) is 6.07 Å². The second kappa shape index (κ2) is 8.43. The van der Waals surface area contributed by atoms with Crippen LogP contribution in [0.15, 0.2) is 37.1 Å². The van der Waals surface area contributed by atoms with Crippen LogP contribution in [0.1, 0.15) is 41.0 Å². The van der Waals surface area contributed by atoms with Crippen molar-refractivity contribution in [3.05, 3.63) is 37.1 Å². The molecule has 0 aliphatic rings. The predicted molar refractivity (Wildman–Crippen MR) is 92.0 cm³/mol. The molecule has 1 N–H and O–H groups in total. The van der Waals surface area contributed by atoms with Crippen molar-refractivity contribution >= 4 is 5.91 Å². The third-order valence-electron chi connectivity index (χ3n) is 2.92. The van der Waals surface area contributed by atoms with Crippen LogP contribution in [0, 0.1) is 16.7 Å². The lowest BCUT2D eigenvalue weighted by Gasteiger charge is -2.33. The number of carbonyl (C=O) groups is 1. The normalized spacial score (nSPS) is 12.3. The standard InChI is InChI=1S/C18H29N3O/c1-8-10-21(11-9-2)16(22)15(12-19)13-20-18(6,7)14-17(3,4)5/h8-9,13,20H,1-2,10-11,14H2,3-7H3/b15-13-. The zero-order chi connectivity index (χ0) is 17.4. The first-order chi connectivity index (χ1) is 10.1. The van der Waals surface area contributed by atoms with Gasteiger partial charge in [0, 0.05) is 24.8 Å². The van der Waals surface area contributed by atoms with Crippen molar-refractivity contribution in [2.24, 2.45) is 5.41 Å². The van der Waals surface area contributed by atoms with Crippen molar-refractivity contribution in [2.45, 2.75) is 46.6 Å². The van der Waals surface area contributed by atoms with Gasteiger partial charge in [0.1, 0.15) is 11.6 Å². The van der Waals surface area contributed by atoms with Crippen LogP contribution in [-0.2, 0) is 4.79 Å². The van der Waals surface area contributed by atoms with E-state index in [0.29, 0.717) is 13.1 Å². The summed E-state index contributed by atoms with van der Waals surface area (Å²) < 4.78 is 0. The molecule has 22 heavy (non-hydrogen) atoms.